The van der Waals surface area contributed by atoms with Crippen molar-refractivity contribution in [3.63, 3.8) is 0 Å². The second kappa shape index (κ2) is 12.0. The summed E-state index contributed by atoms with van der Waals surface area (Å²) in [4.78, 5) is 17.3. The third-order valence-corrected chi connectivity index (χ3v) is 5.94. The van der Waals surface area contributed by atoms with Crippen LogP contribution >= 0.6 is 0 Å². The number of likely N-dealkylation sites (tertiary alicyclic amines) is 1. The Morgan fingerprint density at radius 2 is 1.66 bits per heavy atom. The average Bonchev–Trinajstić information content (AvgIpc) is 2.79. The normalized spacial score (nSPS) is 15.2. The maximum absolute atomic E-state index is 13.3. The molecule has 1 aliphatic rings. The Morgan fingerprint density at radius 1 is 1.06 bits per heavy atom. The first-order valence-electron chi connectivity index (χ1n) is 11.5. The van der Waals surface area contributed by atoms with Crippen LogP contribution in [-0.2, 0) is 24.4 Å². The molecule has 0 radical (unpaired) electrons. The van der Waals surface area contributed by atoms with E-state index >= 15 is 0 Å². The van der Waals surface area contributed by atoms with Gasteiger partial charge < -0.3 is 19.9 Å². The van der Waals surface area contributed by atoms with Gasteiger partial charge in [0.2, 0.25) is 0 Å². The van der Waals surface area contributed by atoms with Gasteiger partial charge in [-0.05, 0) is 81.6 Å². The topological polar surface area (TPSA) is 44.8 Å². The Balaban J connectivity index is 1.58. The Bertz CT molecular complexity index is 831. The number of piperidine rings is 1. The molecule has 1 N–H and O–H groups in total. The molecule has 2 amide bonds. The van der Waals surface area contributed by atoms with Crippen molar-refractivity contribution in [3.8, 4) is 0 Å². The lowest BCUT2D eigenvalue weighted by molar-refractivity contribution is 0.0657. The van der Waals surface area contributed by atoms with Gasteiger partial charge in [-0.1, -0.05) is 36.4 Å². The highest BCUT2D eigenvalue weighted by Crippen LogP contribution is 2.19. The first-order valence-corrected chi connectivity index (χ1v) is 11.5. The van der Waals surface area contributed by atoms with Gasteiger partial charge in [0.05, 0.1) is 12.7 Å². The molecule has 1 heterocycles. The van der Waals surface area contributed by atoms with Crippen LogP contribution in [0.5, 0.6) is 0 Å². The summed E-state index contributed by atoms with van der Waals surface area (Å²) in [5, 5.41) is 3.07. The van der Waals surface area contributed by atoms with Crippen LogP contribution in [0.25, 0.3) is 0 Å². The van der Waals surface area contributed by atoms with E-state index in [0.717, 1.165) is 42.6 Å². The Hall–Kier alpha value is -2.44. The van der Waals surface area contributed by atoms with Gasteiger partial charge in [-0.25, -0.2) is 9.18 Å². The van der Waals surface area contributed by atoms with Gasteiger partial charge in [0.25, 0.3) is 0 Å². The van der Waals surface area contributed by atoms with Crippen molar-refractivity contribution in [1.29, 1.82) is 0 Å². The molecule has 3 rings (SSSR count). The van der Waals surface area contributed by atoms with Gasteiger partial charge in [-0.15, -0.1) is 0 Å². The summed E-state index contributed by atoms with van der Waals surface area (Å²) in [7, 11) is 2.14. The monoisotopic (exact) mass is 441 g/mol. The minimum Gasteiger partial charge on any atom is -0.374 e. The third-order valence-electron chi connectivity index (χ3n) is 5.94. The second-order valence-corrected chi connectivity index (χ2v) is 9.09. The fraction of sp³-hybridized carbons (Fsp3) is 0.500. The lowest BCUT2D eigenvalue weighted by Crippen LogP contribution is -2.44. The van der Waals surface area contributed by atoms with E-state index < -0.39 is 0 Å². The van der Waals surface area contributed by atoms with Crippen molar-refractivity contribution in [3.05, 3.63) is 71.0 Å². The molecule has 0 saturated carbocycles. The fourth-order valence-electron chi connectivity index (χ4n) is 3.89. The molecule has 0 aromatic heterocycles. The largest absolute Gasteiger partial charge is 0.374 e. The van der Waals surface area contributed by atoms with E-state index in [1.54, 1.807) is 12.1 Å². The standard InChI is InChI=1S/C26H36FN3O2/c1-20(2)32-19-24-6-4-21(5-7-24)16-28-26(31)30(17-22-8-10-25(27)11-9-22)18-23-12-14-29(3)15-13-23/h4-11,20,23H,12-19H2,1-3H3,(H,28,31). The number of urea groups is 1. The number of nitrogens with one attached hydrogen (secondary N) is 1. The Kier molecular flexibility index (Phi) is 9.06. The van der Waals surface area contributed by atoms with Crippen LogP contribution in [-0.4, -0.2) is 48.6 Å². The number of hydrogen-bond donors (Lipinski definition) is 1. The van der Waals surface area contributed by atoms with E-state index in [-0.39, 0.29) is 18.0 Å². The lowest BCUT2D eigenvalue weighted by Gasteiger charge is -2.33. The zero-order valence-corrected chi connectivity index (χ0v) is 19.5. The molecule has 174 valence electrons. The minimum absolute atomic E-state index is 0.0829. The van der Waals surface area contributed by atoms with Crippen molar-refractivity contribution in [2.24, 2.45) is 5.92 Å². The summed E-state index contributed by atoms with van der Waals surface area (Å²) >= 11 is 0. The molecule has 2 aromatic rings. The highest BCUT2D eigenvalue weighted by Gasteiger charge is 2.22. The van der Waals surface area contributed by atoms with Crippen molar-refractivity contribution >= 4 is 6.03 Å². The van der Waals surface area contributed by atoms with Gasteiger partial charge >= 0.3 is 6.03 Å². The van der Waals surface area contributed by atoms with Crippen LogP contribution < -0.4 is 5.32 Å². The second-order valence-electron chi connectivity index (χ2n) is 9.09. The number of carbonyl (C=O) groups excluding carboxylic acids is 1. The molecule has 0 spiro atoms. The molecule has 0 atom stereocenters. The summed E-state index contributed by atoms with van der Waals surface area (Å²) < 4.78 is 18.9. The summed E-state index contributed by atoms with van der Waals surface area (Å²) in [5.41, 5.74) is 3.10. The number of ether oxygens (including phenoxy) is 1. The molecule has 1 fully saturated rings. The summed E-state index contributed by atoms with van der Waals surface area (Å²) in [5.74, 6) is 0.222. The Labute approximate surface area is 191 Å². The molecule has 2 aromatic carbocycles. The molecule has 1 saturated heterocycles. The zero-order valence-electron chi connectivity index (χ0n) is 19.5. The Morgan fingerprint density at radius 3 is 2.28 bits per heavy atom. The lowest BCUT2D eigenvalue weighted by atomic mass is 9.96. The summed E-state index contributed by atoms with van der Waals surface area (Å²) in [6.45, 7) is 8.41. The maximum Gasteiger partial charge on any atom is 0.317 e. The minimum atomic E-state index is -0.262. The van der Waals surface area contributed by atoms with E-state index in [9.17, 15) is 9.18 Å². The van der Waals surface area contributed by atoms with Gasteiger partial charge in [0, 0.05) is 19.6 Å². The number of benzene rings is 2. The van der Waals surface area contributed by atoms with Crippen LogP contribution in [0.4, 0.5) is 9.18 Å². The molecule has 5 nitrogen and oxygen atoms in total. The zero-order chi connectivity index (χ0) is 22.9. The van der Waals surface area contributed by atoms with Gasteiger partial charge in [-0.3, -0.25) is 0 Å². The van der Waals surface area contributed by atoms with E-state index in [4.69, 9.17) is 4.74 Å². The number of hydrogen-bond acceptors (Lipinski definition) is 3. The summed E-state index contributed by atoms with van der Waals surface area (Å²) in [6.07, 6.45) is 2.37. The van der Waals surface area contributed by atoms with Gasteiger partial charge in [0.15, 0.2) is 0 Å². The van der Waals surface area contributed by atoms with E-state index in [0.29, 0.717) is 32.2 Å². The number of amides is 2. The molecule has 6 heteroatoms. The van der Waals surface area contributed by atoms with Crippen LogP contribution in [0, 0.1) is 11.7 Å². The number of carbonyl (C=O) groups is 1. The van der Waals surface area contributed by atoms with Crippen LogP contribution in [0.2, 0.25) is 0 Å². The molecule has 1 aliphatic heterocycles. The van der Waals surface area contributed by atoms with Gasteiger partial charge in [-0.2, -0.15) is 0 Å². The SMILES string of the molecule is CC(C)OCc1ccc(CNC(=O)N(Cc2ccc(F)cc2)CC2CCN(C)CC2)cc1. The molecular formula is C26H36FN3O2. The molecule has 0 bridgehead atoms. The van der Waals surface area contributed by atoms with Crippen molar-refractivity contribution in [2.45, 2.75) is 52.5 Å². The predicted octanol–water partition coefficient (Wildman–Crippen LogP) is 4.80. The van der Waals surface area contributed by atoms with Crippen molar-refractivity contribution in [2.75, 3.05) is 26.7 Å². The van der Waals surface area contributed by atoms with Crippen molar-refractivity contribution < 1.29 is 13.9 Å². The number of nitrogens with zero attached hydrogens (tertiary/aromatic N) is 2. The van der Waals surface area contributed by atoms with Crippen LogP contribution in [0.3, 0.4) is 0 Å². The number of halogens is 1. The molecule has 0 unspecified atom stereocenters. The highest BCUT2D eigenvalue weighted by molar-refractivity contribution is 5.74. The van der Waals surface area contributed by atoms with Crippen LogP contribution in [0.1, 0.15) is 43.4 Å². The first-order chi connectivity index (χ1) is 15.4. The fourth-order valence-corrected chi connectivity index (χ4v) is 3.89. The quantitative estimate of drug-likeness (QED) is 0.608. The van der Waals surface area contributed by atoms with Gasteiger partial charge in [0.1, 0.15) is 5.82 Å². The average molecular weight is 442 g/mol. The maximum atomic E-state index is 13.3. The van der Waals surface area contributed by atoms with E-state index in [1.165, 1.54) is 12.1 Å². The van der Waals surface area contributed by atoms with E-state index in [2.05, 4.69) is 17.3 Å². The highest BCUT2D eigenvalue weighted by atomic mass is 19.1. The molecule has 0 aliphatic carbocycles. The summed E-state index contributed by atoms with van der Waals surface area (Å²) in [6, 6.07) is 14.5. The predicted molar refractivity (Wildman–Crippen MR) is 126 cm³/mol. The third kappa shape index (κ3) is 7.92. The molecular weight excluding hydrogens is 405 g/mol. The number of rotatable bonds is 9. The smallest absolute Gasteiger partial charge is 0.317 e. The molecule has 32 heavy (non-hydrogen) atoms. The van der Waals surface area contributed by atoms with E-state index in [1.807, 2.05) is 43.0 Å². The van der Waals surface area contributed by atoms with Crippen molar-refractivity contribution in [1.82, 2.24) is 15.1 Å². The van der Waals surface area contributed by atoms with Crippen LogP contribution in [0.15, 0.2) is 48.5 Å². The first kappa shape index (κ1) is 24.2.